The third-order valence-corrected chi connectivity index (χ3v) is 2.66. The molecule has 4 nitrogen and oxygen atoms in total. The first-order valence-corrected chi connectivity index (χ1v) is 6.31. The molecule has 1 N–H and O–H groups in total. The molecular formula is C14H23NO3. The Morgan fingerprint density at radius 3 is 2.67 bits per heavy atom. The van der Waals surface area contributed by atoms with E-state index in [-0.39, 0.29) is 0 Å². The number of rotatable bonds is 9. The average molecular weight is 253 g/mol. The van der Waals surface area contributed by atoms with Crippen molar-refractivity contribution in [1.82, 2.24) is 5.32 Å². The summed E-state index contributed by atoms with van der Waals surface area (Å²) in [5.74, 6) is 1.67. The number of methoxy groups -OCH3 is 2. The van der Waals surface area contributed by atoms with Gasteiger partial charge in [0.1, 0.15) is 11.5 Å². The van der Waals surface area contributed by atoms with Gasteiger partial charge in [0.25, 0.3) is 0 Å². The number of hydrogen-bond acceptors (Lipinski definition) is 4. The molecule has 0 aliphatic rings. The highest BCUT2D eigenvalue weighted by atomic mass is 16.5. The van der Waals surface area contributed by atoms with Gasteiger partial charge in [-0.05, 0) is 26.0 Å². The van der Waals surface area contributed by atoms with Gasteiger partial charge in [-0.3, -0.25) is 0 Å². The van der Waals surface area contributed by atoms with E-state index in [0.717, 1.165) is 49.8 Å². The van der Waals surface area contributed by atoms with E-state index in [1.807, 2.05) is 25.1 Å². The molecule has 0 spiro atoms. The lowest BCUT2D eigenvalue weighted by Gasteiger charge is -2.11. The van der Waals surface area contributed by atoms with Crippen molar-refractivity contribution in [3.05, 3.63) is 23.8 Å². The SMILES string of the molecule is CCOCCCNCc1ccc(OC)cc1OC. The zero-order valence-electron chi connectivity index (χ0n) is 11.5. The van der Waals surface area contributed by atoms with Crippen LogP contribution in [0.4, 0.5) is 0 Å². The maximum atomic E-state index is 5.34. The molecule has 0 unspecified atom stereocenters. The molecule has 0 saturated carbocycles. The summed E-state index contributed by atoms with van der Waals surface area (Å²) in [4.78, 5) is 0. The van der Waals surface area contributed by atoms with E-state index in [4.69, 9.17) is 14.2 Å². The minimum atomic E-state index is 0.784. The first-order valence-electron chi connectivity index (χ1n) is 6.31. The molecule has 0 aliphatic heterocycles. The Morgan fingerprint density at radius 2 is 2.00 bits per heavy atom. The first kappa shape index (κ1) is 14.8. The van der Waals surface area contributed by atoms with E-state index in [0.29, 0.717) is 0 Å². The van der Waals surface area contributed by atoms with Crippen LogP contribution in [0, 0.1) is 0 Å². The topological polar surface area (TPSA) is 39.7 Å². The summed E-state index contributed by atoms with van der Waals surface area (Å²) in [6.07, 6.45) is 1.02. The maximum Gasteiger partial charge on any atom is 0.127 e. The van der Waals surface area contributed by atoms with Gasteiger partial charge in [-0.1, -0.05) is 6.07 Å². The molecule has 0 aliphatic carbocycles. The van der Waals surface area contributed by atoms with Crippen LogP contribution in [-0.4, -0.2) is 34.0 Å². The van der Waals surface area contributed by atoms with Gasteiger partial charge in [0.15, 0.2) is 0 Å². The van der Waals surface area contributed by atoms with Crippen LogP contribution < -0.4 is 14.8 Å². The van der Waals surface area contributed by atoms with Crippen LogP contribution in [0.25, 0.3) is 0 Å². The van der Waals surface area contributed by atoms with Crippen LogP contribution in [0.3, 0.4) is 0 Å². The molecular weight excluding hydrogens is 230 g/mol. The third-order valence-electron chi connectivity index (χ3n) is 2.66. The molecule has 0 saturated heterocycles. The standard InChI is InChI=1S/C14H23NO3/c1-4-18-9-5-8-15-11-12-6-7-13(16-2)10-14(12)17-3/h6-7,10,15H,4-5,8-9,11H2,1-3H3. The molecule has 0 atom stereocenters. The second-order valence-electron chi connectivity index (χ2n) is 3.91. The van der Waals surface area contributed by atoms with Gasteiger partial charge in [0.2, 0.25) is 0 Å². The molecule has 18 heavy (non-hydrogen) atoms. The molecule has 1 aromatic rings. The van der Waals surface area contributed by atoms with Crippen molar-refractivity contribution in [3.63, 3.8) is 0 Å². The molecule has 1 rings (SSSR count). The molecule has 0 amide bonds. The first-order chi connectivity index (χ1) is 8.81. The molecule has 0 radical (unpaired) electrons. The van der Waals surface area contributed by atoms with Crippen molar-refractivity contribution < 1.29 is 14.2 Å². The van der Waals surface area contributed by atoms with Crippen LogP contribution >= 0.6 is 0 Å². The van der Waals surface area contributed by atoms with Gasteiger partial charge in [-0.15, -0.1) is 0 Å². The zero-order chi connectivity index (χ0) is 13.2. The van der Waals surface area contributed by atoms with E-state index in [2.05, 4.69) is 5.32 Å². The van der Waals surface area contributed by atoms with E-state index in [1.165, 1.54) is 0 Å². The van der Waals surface area contributed by atoms with Gasteiger partial charge in [0.05, 0.1) is 14.2 Å². The summed E-state index contributed by atoms with van der Waals surface area (Å²) < 4.78 is 15.8. The Bertz CT molecular complexity index is 342. The van der Waals surface area contributed by atoms with Crippen molar-refractivity contribution in [2.75, 3.05) is 34.0 Å². The second kappa shape index (κ2) is 8.78. The highest BCUT2D eigenvalue weighted by Gasteiger charge is 2.04. The maximum absolute atomic E-state index is 5.34. The van der Waals surface area contributed by atoms with Gasteiger partial charge >= 0.3 is 0 Å². The average Bonchev–Trinajstić information content (AvgIpc) is 2.42. The zero-order valence-corrected chi connectivity index (χ0v) is 11.5. The van der Waals surface area contributed by atoms with Crippen LogP contribution in [0.5, 0.6) is 11.5 Å². The number of benzene rings is 1. The molecule has 0 heterocycles. The summed E-state index contributed by atoms with van der Waals surface area (Å²) in [6, 6.07) is 5.87. The molecule has 102 valence electrons. The summed E-state index contributed by atoms with van der Waals surface area (Å²) in [6.45, 7) is 5.33. The fourth-order valence-corrected chi connectivity index (χ4v) is 1.66. The second-order valence-corrected chi connectivity index (χ2v) is 3.91. The summed E-state index contributed by atoms with van der Waals surface area (Å²) in [5.41, 5.74) is 1.13. The van der Waals surface area contributed by atoms with E-state index in [9.17, 15) is 0 Å². The molecule has 0 bridgehead atoms. The van der Waals surface area contributed by atoms with Crippen LogP contribution in [-0.2, 0) is 11.3 Å². The van der Waals surface area contributed by atoms with Gasteiger partial charge in [-0.2, -0.15) is 0 Å². The molecule has 0 fully saturated rings. The van der Waals surface area contributed by atoms with E-state index < -0.39 is 0 Å². The van der Waals surface area contributed by atoms with Crippen molar-refractivity contribution in [2.45, 2.75) is 19.9 Å². The lowest BCUT2D eigenvalue weighted by Crippen LogP contribution is -2.16. The Kier molecular flexibility index (Phi) is 7.22. The molecule has 1 aromatic carbocycles. The number of hydrogen-bond donors (Lipinski definition) is 1. The predicted molar refractivity (Wildman–Crippen MR) is 72.4 cm³/mol. The Morgan fingerprint density at radius 1 is 1.17 bits per heavy atom. The minimum Gasteiger partial charge on any atom is -0.497 e. The van der Waals surface area contributed by atoms with Crippen LogP contribution in [0.1, 0.15) is 18.9 Å². The fraction of sp³-hybridized carbons (Fsp3) is 0.571. The smallest absolute Gasteiger partial charge is 0.127 e. The summed E-state index contributed by atoms with van der Waals surface area (Å²) in [7, 11) is 3.33. The highest BCUT2D eigenvalue weighted by molar-refractivity contribution is 5.40. The number of nitrogens with one attached hydrogen (secondary N) is 1. The highest BCUT2D eigenvalue weighted by Crippen LogP contribution is 2.24. The number of ether oxygens (including phenoxy) is 3. The summed E-state index contributed by atoms with van der Waals surface area (Å²) in [5, 5.41) is 3.37. The third kappa shape index (κ3) is 4.94. The van der Waals surface area contributed by atoms with Crippen molar-refractivity contribution in [3.8, 4) is 11.5 Å². The van der Waals surface area contributed by atoms with Crippen molar-refractivity contribution in [1.29, 1.82) is 0 Å². The Labute approximate surface area is 109 Å². The Balaban J connectivity index is 2.37. The summed E-state index contributed by atoms with van der Waals surface area (Å²) >= 11 is 0. The normalized spacial score (nSPS) is 10.4. The molecule has 0 aromatic heterocycles. The fourth-order valence-electron chi connectivity index (χ4n) is 1.66. The quantitative estimate of drug-likeness (QED) is 0.685. The lowest BCUT2D eigenvalue weighted by atomic mass is 10.2. The monoisotopic (exact) mass is 253 g/mol. The van der Waals surface area contributed by atoms with Gasteiger partial charge < -0.3 is 19.5 Å². The predicted octanol–water partition coefficient (Wildman–Crippen LogP) is 2.22. The van der Waals surface area contributed by atoms with E-state index in [1.54, 1.807) is 14.2 Å². The largest absolute Gasteiger partial charge is 0.497 e. The van der Waals surface area contributed by atoms with Crippen molar-refractivity contribution >= 4 is 0 Å². The van der Waals surface area contributed by atoms with Gasteiger partial charge in [-0.25, -0.2) is 0 Å². The van der Waals surface area contributed by atoms with Crippen molar-refractivity contribution in [2.24, 2.45) is 0 Å². The van der Waals surface area contributed by atoms with Crippen LogP contribution in [0.2, 0.25) is 0 Å². The Hall–Kier alpha value is -1.26. The minimum absolute atomic E-state index is 0.784. The van der Waals surface area contributed by atoms with Crippen LogP contribution in [0.15, 0.2) is 18.2 Å². The lowest BCUT2D eigenvalue weighted by molar-refractivity contribution is 0.144. The van der Waals surface area contributed by atoms with Gasteiger partial charge in [0, 0.05) is 31.4 Å². The van der Waals surface area contributed by atoms with E-state index >= 15 is 0 Å². The molecule has 4 heteroatoms.